The number of para-hydroxylation sites is 2. The van der Waals surface area contributed by atoms with Gasteiger partial charge in [-0.1, -0.05) is 23.9 Å². The molecular formula is C18H18N2O4S. The van der Waals surface area contributed by atoms with Crippen molar-refractivity contribution in [1.82, 2.24) is 4.98 Å². The van der Waals surface area contributed by atoms with Crippen LogP contribution in [0.25, 0.3) is 11.1 Å². The Labute approximate surface area is 149 Å². The number of nitrogens with one attached hydrogen (secondary N) is 1. The van der Waals surface area contributed by atoms with Crippen molar-refractivity contribution in [1.29, 1.82) is 0 Å². The quantitative estimate of drug-likeness (QED) is 0.672. The summed E-state index contributed by atoms with van der Waals surface area (Å²) in [5, 5.41) is 2.94. The number of hydrogen-bond donors (Lipinski definition) is 1. The number of nitrogens with zero attached hydrogens (tertiary/aromatic N) is 1. The number of oxazole rings is 1. The minimum Gasteiger partial charge on any atom is -0.497 e. The smallest absolute Gasteiger partial charge is 0.257 e. The molecule has 0 saturated heterocycles. The lowest BCUT2D eigenvalue weighted by molar-refractivity contribution is -0.115. The molecule has 1 N–H and O–H groups in total. The molecule has 0 aliphatic rings. The Balaban J connectivity index is 1.70. The number of fused-ring (bicyclic) bond motifs is 1. The topological polar surface area (TPSA) is 73.6 Å². The standard InChI is InChI=1S/C18H18N2O4S/c1-11(25-18-20-15-6-4-5-7-16(15)24-18)17(21)19-12-8-13(22-2)10-14(9-12)23-3/h4-11H,1-3H3,(H,19,21). The van der Waals surface area contributed by atoms with E-state index < -0.39 is 0 Å². The molecule has 2 aromatic carbocycles. The van der Waals surface area contributed by atoms with Crippen LogP contribution in [0.1, 0.15) is 6.92 Å². The van der Waals surface area contributed by atoms with E-state index in [9.17, 15) is 4.79 Å². The Morgan fingerprint density at radius 3 is 2.48 bits per heavy atom. The van der Waals surface area contributed by atoms with Gasteiger partial charge in [-0.3, -0.25) is 4.79 Å². The lowest BCUT2D eigenvalue weighted by Crippen LogP contribution is -2.22. The first-order valence-corrected chi connectivity index (χ1v) is 8.53. The number of thioether (sulfide) groups is 1. The fourth-order valence-electron chi connectivity index (χ4n) is 2.23. The van der Waals surface area contributed by atoms with E-state index in [0.717, 1.165) is 5.52 Å². The number of rotatable bonds is 6. The highest BCUT2D eigenvalue weighted by molar-refractivity contribution is 8.00. The van der Waals surface area contributed by atoms with Crippen molar-refractivity contribution >= 4 is 34.5 Å². The summed E-state index contributed by atoms with van der Waals surface area (Å²) in [5.74, 6) is 1.05. The van der Waals surface area contributed by atoms with Crippen molar-refractivity contribution in [2.75, 3.05) is 19.5 Å². The van der Waals surface area contributed by atoms with E-state index in [0.29, 0.717) is 28.0 Å². The van der Waals surface area contributed by atoms with Crippen molar-refractivity contribution in [3.05, 3.63) is 42.5 Å². The maximum atomic E-state index is 12.4. The first kappa shape index (κ1) is 17.2. The molecule has 7 heteroatoms. The third-order valence-electron chi connectivity index (χ3n) is 3.54. The summed E-state index contributed by atoms with van der Waals surface area (Å²) in [4.78, 5) is 16.8. The van der Waals surface area contributed by atoms with Crippen LogP contribution in [0, 0.1) is 0 Å². The van der Waals surface area contributed by atoms with Crippen molar-refractivity contribution in [3.63, 3.8) is 0 Å². The predicted octanol–water partition coefficient (Wildman–Crippen LogP) is 3.96. The number of methoxy groups -OCH3 is 2. The van der Waals surface area contributed by atoms with Gasteiger partial charge >= 0.3 is 0 Å². The summed E-state index contributed by atoms with van der Waals surface area (Å²) in [7, 11) is 3.12. The molecule has 0 bridgehead atoms. The molecule has 1 unspecified atom stereocenters. The van der Waals surface area contributed by atoms with Gasteiger partial charge in [-0.15, -0.1) is 0 Å². The van der Waals surface area contributed by atoms with Crippen LogP contribution >= 0.6 is 11.8 Å². The summed E-state index contributed by atoms with van der Waals surface area (Å²) >= 11 is 1.26. The molecule has 1 atom stereocenters. The average Bonchev–Trinajstić information content (AvgIpc) is 3.03. The maximum absolute atomic E-state index is 12.4. The summed E-state index contributed by atoms with van der Waals surface area (Å²) in [6.07, 6.45) is 0. The molecule has 0 saturated carbocycles. The number of amides is 1. The number of benzene rings is 2. The van der Waals surface area contributed by atoms with Gasteiger partial charge in [0, 0.05) is 23.9 Å². The second kappa shape index (κ2) is 7.48. The second-order valence-electron chi connectivity index (χ2n) is 5.30. The molecule has 25 heavy (non-hydrogen) atoms. The van der Waals surface area contributed by atoms with Gasteiger partial charge in [0.15, 0.2) is 5.58 Å². The van der Waals surface area contributed by atoms with Crippen LogP contribution in [-0.2, 0) is 4.79 Å². The average molecular weight is 358 g/mol. The number of carbonyl (C=O) groups is 1. The Morgan fingerprint density at radius 2 is 1.84 bits per heavy atom. The fourth-order valence-corrected chi connectivity index (χ4v) is 2.99. The zero-order chi connectivity index (χ0) is 17.8. The van der Waals surface area contributed by atoms with Gasteiger partial charge in [-0.2, -0.15) is 0 Å². The lowest BCUT2D eigenvalue weighted by atomic mass is 10.2. The zero-order valence-electron chi connectivity index (χ0n) is 14.1. The van der Waals surface area contributed by atoms with Gasteiger partial charge in [0.2, 0.25) is 5.91 Å². The van der Waals surface area contributed by atoms with E-state index in [4.69, 9.17) is 13.9 Å². The monoisotopic (exact) mass is 358 g/mol. The van der Waals surface area contributed by atoms with E-state index in [-0.39, 0.29) is 11.2 Å². The van der Waals surface area contributed by atoms with E-state index in [1.54, 1.807) is 39.3 Å². The molecule has 130 valence electrons. The van der Waals surface area contributed by atoms with Gasteiger partial charge in [0.1, 0.15) is 17.0 Å². The van der Waals surface area contributed by atoms with Gasteiger partial charge < -0.3 is 19.2 Å². The molecule has 0 fully saturated rings. The predicted molar refractivity (Wildman–Crippen MR) is 97.5 cm³/mol. The minimum absolute atomic E-state index is 0.164. The molecule has 0 spiro atoms. The van der Waals surface area contributed by atoms with Crippen molar-refractivity contribution in [3.8, 4) is 11.5 Å². The van der Waals surface area contributed by atoms with Crippen LogP contribution in [0.2, 0.25) is 0 Å². The van der Waals surface area contributed by atoms with E-state index in [2.05, 4.69) is 10.3 Å². The summed E-state index contributed by atoms with van der Waals surface area (Å²) in [5.41, 5.74) is 2.08. The fraction of sp³-hybridized carbons (Fsp3) is 0.222. The number of anilines is 1. The molecule has 3 aromatic rings. The molecule has 1 aromatic heterocycles. The number of carbonyl (C=O) groups excluding carboxylic acids is 1. The van der Waals surface area contributed by atoms with Crippen LogP contribution < -0.4 is 14.8 Å². The Kier molecular flexibility index (Phi) is 5.14. The Morgan fingerprint density at radius 1 is 1.16 bits per heavy atom. The van der Waals surface area contributed by atoms with Crippen LogP contribution in [0.5, 0.6) is 11.5 Å². The molecule has 0 aliphatic heterocycles. The molecule has 1 amide bonds. The van der Waals surface area contributed by atoms with Crippen LogP contribution in [0.3, 0.4) is 0 Å². The van der Waals surface area contributed by atoms with E-state index >= 15 is 0 Å². The number of aromatic nitrogens is 1. The molecule has 1 heterocycles. The van der Waals surface area contributed by atoms with Crippen molar-refractivity contribution in [2.24, 2.45) is 0 Å². The molecule has 0 aliphatic carbocycles. The lowest BCUT2D eigenvalue weighted by Gasteiger charge is -2.12. The Bertz CT molecular complexity index is 838. The third kappa shape index (κ3) is 4.06. The maximum Gasteiger partial charge on any atom is 0.257 e. The van der Waals surface area contributed by atoms with E-state index in [1.807, 2.05) is 24.3 Å². The third-order valence-corrected chi connectivity index (χ3v) is 4.48. The van der Waals surface area contributed by atoms with Crippen LogP contribution in [0.4, 0.5) is 5.69 Å². The minimum atomic E-state index is -0.384. The van der Waals surface area contributed by atoms with Gasteiger partial charge in [0.25, 0.3) is 5.22 Å². The van der Waals surface area contributed by atoms with Crippen molar-refractivity contribution in [2.45, 2.75) is 17.4 Å². The molecular weight excluding hydrogens is 340 g/mol. The second-order valence-corrected chi connectivity index (χ2v) is 6.59. The largest absolute Gasteiger partial charge is 0.497 e. The van der Waals surface area contributed by atoms with E-state index in [1.165, 1.54) is 11.8 Å². The van der Waals surface area contributed by atoms with Gasteiger partial charge in [0.05, 0.1) is 19.5 Å². The summed E-state index contributed by atoms with van der Waals surface area (Å²) < 4.78 is 16.1. The summed E-state index contributed by atoms with van der Waals surface area (Å²) in [6.45, 7) is 1.80. The molecule has 3 rings (SSSR count). The SMILES string of the molecule is COc1cc(NC(=O)C(C)Sc2nc3ccccc3o2)cc(OC)c1. The first-order chi connectivity index (χ1) is 12.1. The highest BCUT2D eigenvalue weighted by atomic mass is 32.2. The van der Waals surface area contributed by atoms with Crippen LogP contribution in [-0.4, -0.2) is 30.4 Å². The Hall–Kier alpha value is -2.67. The highest BCUT2D eigenvalue weighted by Gasteiger charge is 2.18. The van der Waals surface area contributed by atoms with Crippen LogP contribution in [0.15, 0.2) is 52.1 Å². The van der Waals surface area contributed by atoms with Gasteiger partial charge in [-0.05, 0) is 19.1 Å². The zero-order valence-corrected chi connectivity index (χ0v) is 14.9. The first-order valence-electron chi connectivity index (χ1n) is 7.65. The van der Waals surface area contributed by atoms with Gasteiger partial charge in [-0.25, -0.2) is 4.98 Å². The number of hydrogen-bond acceptors (Lipinski definition) is 6. The summed E-state index contributed by atoms with van der Waals surface area (Å²) in [6, 6.07) is 12.7. The number of ether oxygens (including phenoxy) is 2. The normalized spacial score (nSPS) is 12.0. The van der Waals surface area contributed by atoms with Crippen molar-refractivity contribution < 1.29 is 18.7 Å². The highest BCUT2D eigenvalue weighted by Crippen LogP contribution is 2.29. The molecule has 6 nitrogen and oxygen atoms in total. The molecule has 0 radical (unpaired) electrons.